The first kappa shape index (κ1) is 17.2. The molecule has 0 saturated carbocycles. The van der Waals surface area contributed by atoms with Crippen LogP contribution in [0.25, 0.3) is 21.9 Å². The van der Waals surface area contributed by atoms with Gasteiger partial charge in [-0.3, -0.25) is 4.79 Å². The first-order valence-electron chi connectivity index (χ1n) is 8.68. The van der Waals surface area contributed by atoms with Gasteiger partial charge in [0.05, 0.1) is 16.0 Å². The lowest BCUT2D eigenvalue weighted by Gasteiger charge is -2.07. The van der Waals surface area contributed by atoms with Crippen LogP contribution < -0.4 is 10.6 Å². The molecule has 1 aromatic carbocycles. The Bertz CT molecular complexity index is 1050. The Hall–Kier alpha value is -3.19. The largest absolute Gasteiger partial charge is 0.388 e. The minimum atomic E-state index is -0.129. The molecule has 7 heteroatoms. The van der Waals surface area contributed by atoms with Crippen LogP contribution in [0.1, 0.15) is 15.9 Å². The number of hydrogen-bond acceptors (Lipinski definition) is 5. The molecule has 0 unspecified atom stereocenters. The number of rotatable bonds is 6. The fourth-order valence-electron chi connectivity index (χ4n) is 2.88. The number of imidazole rings is 1. The van der Waals surface area contributed by atoms with Crippen molar-refractivity contribution in [1.82, 2.24) is 20.3 Å². The van der Waals surface area contributed by atoms with Gasteiger partial charge in [-0.2, -0.15) is 0 Å². The summed E-state index contributed by atoms with van der Waals surface area (Å²) < 4.78 is 0. The van der Waals surface area contributed by atoms with E-state index in [-0.39, 0.29) is 5.91 Å². The number of aromatic amines is 1. The van der Waals surface area contributed by atoms with Crippen LogP contribution in [0, 0.1) is 0 Å². The summed E-state index contributed by atoms with van der Waals surface area (Å²) in [6, 6.07) is 13.9. The number of benzene rings is 1. The van der Waals surface area contributed by atoms with E-state index in [2.05, 4.69) is 37.7 Å². The zero-order valence-electron chi connectivity index (χ0n) is 14.8. The quantitative estimate of drug-likeness (QED) is 0.478. The van der Waals surface area contributed by atoms with Crippen molar-refractivity contribution in [2.45, 2.75) is 6.42 Å². The van der Waals surface area contributed by atoms with Crippen LogP contribution in [0.3, 0.4) is 0 Å². The Kier molecular flexibility index (Phi) is 4.84. The van der Waals surface area contributed by atoms with E-state index in [1.807, 2.05) is 36.7 Å². The highest BCUT2D eigenvalue weighted by Gasteiger charge is 2.15. The average molecular weight is 377 g/mol. The van der Waals surface area contributed by atoms with Crippen LogP contribution in [0.15, 0.2) is 54.0 Å². The lowest BCUT2D eigenvalue weighted by molar-refractivity contribution is 0.0955. The van der Waals surface area contributed by atoms with Gasteiger partial charge in [-0.1, -0.05) is 18.2 Å². The summed E-state index contributed by atoms with van der Waals surface area (Å²) in [5, 5.41) is 8.07. The molecule has 0 aliphatic carbocycles. The maximum Gasteiger partial charge on any atom is 0.253 e. The summed E-state index contributed by atoms with van der Waals surface area (Å²) >= 11 is 1.59. The van der Waals surface area contributed by atoms with Crippen LogP contribution in [0.4, 0.5) is 5.69 Å². The van der Waals surface area contributed by atoms with Crippen LogP contribution in [0.5, 0.6) is 0 Å². The normalized spacial score (nSPS) is 10.9. The molecule has 27 heavy (non-hydrogen) atoms. The molecule has 0 saturated heterocycles. The Labute approximate surface area is 160 Å². The van der Waals surface area contributed by atoms with Crippen molar-refractivity contribution in [3.05, 3.63) is 65.2 Å². The van der Waals surface area contributed by atoms with Gasteiger partial charge in [0.15, 0.2) is 11.5 Å². The fraction of sp³-hybridized carbons (Fsp3) is 0.150. The molecule has 136 valence electrons. The number of carbonyl (C=O) groups excluding carboxylic acids is 1. The maximum atomic E-state index is 12.7. The van der Waals surface area contributed by atoms with Gasteiger partial charge >= 0.3 is 0 Å². The number of H-pyrrole nitrogens is 1. The number of fused-ring (bicyclic) bond motifs is 1. The first-order chi connectivity index (χ1) is 13.2. The Morgan fingerprint density at radius 2 is 2.04 bits per heavy atom. The van der Waals surface area contributed by atoms with Crippen molar-refractivity contribution in [3.63, 3.8) is 0 Å². The third kappa shape index (κ3) is 3.68. The van der Waals surface area contributed by atoms with E-state index in [1.165, 1.54) is 5.56 Å². The highest BCUT2D eigenvalue weighted by molar-refractivity contribution is 7.13. The molecule has 0 spiro atoms. The van der Waals surface area contributed by atoms with Crippen molar-refractivity contribution in [1.29, 1.82) is 0 Å². The molecule has 3 aromatic heterocycles. The number of thiophene rings is 1. The summed E-state index contributed by atoms with van der Waals surface area (Å²) in [6.07, 6.45) is 2.39. The second-order valence-corrected chi connectivity index (χ2v) is 7.02. The lowest BCUT2D eigenvalue weighted by atomic mass is 10.1. The van der Waals surface area contributed by atoms with E-state index in [1.54, 1.807) is 23.6 Å². The van der Waals surface area contributed by atoms with Gasteiger partial charge in [0.1, 0.15) is 0 Å². The second kappa shape index (κ2) is 7.59. The van der Waals surface area contributed by atoms with Gasteiger partial charge in [0.2, 0.25) is 0 Å². The minimum absolute atomic E-state index is 0.129. The Morgan fingerprint density at radius 1 is 1.19 bits per heavy atom. The van der Waals surface area contributed by atoms with E-state index < -0.39 is 0 Å². The van der Waals surface area contributed by atoms with Crippen molar-refractivity contribution in [2.75, 3.05) is 18.9 Å². The van der Waals surface area contributed by atoms with Crippen LogP contribution in [-0.4, -0.2) is 34.5 Å². The van der Waals surface area contributed by atoms with E-state index >= 15 is 0 Å². The molecule has 0 radical (unpaired) electrons. The van der Waals surface area contributed by atoms with Crippen LogP contribution >= 0.6 is 11.3 Å². The van der Waals surface area contributed by atoms with Crippen LogP contribution in [0.2, 0.25) is 0 Å². The third-order valence-electron chi connectivity index (χ3n) is 4.33. The summed E-state index contributed by atoms with van der Waals surface area (Å²) in [7, 11) is 1.89. The summed E-state index contributed by atoms with van der Waals surface area (Å²) in [5.41, 5.74) is 4.02. The number of anilines is 1. The third-order valence-corrected chi connectivity index (χ3v) is 5.21. The molecule has 0 aliphatic rings. The Morgan fingerprint density at radius 3 is 2.78 bits per heavy atom. The molecule has 0 atom stereocenters. The molecule has 0 aliphatic heterocycles. The number of nitrogens with zero attached hydrogens (tertiary/aromatic N) is 2. The van der Waals surface area contributed by atoms with Gasteiger partial charge in [-0.05, 0) is 41.6 Å². The van der Waals surface area contributed by atoms with E-state index in [0.717, 1.165) is 22.8 Å². The highest BCUT2D eigenvalue weighted by Crippen LogP contribution is 2.25. The minimum Gasteiger partial charge on any atom is -0.388 e. The van der Waals surface area contributed by atoms with Crippen molar-refractivity contribution >= 4 is 34.1 Å². The number of amides is 1. The van der Waals surface area contributed by atoms with Crippen molar-refractivity contribution in [2.24, 2.45) is 0 Å². The van der Waals surface area contributed by atoms with Crippen molar-refractivity contribution < 1.29 is 4.79 Å². The zero-order chi connectivity index (χ0) is 18.6. The van der Waals surface area contributed by atoms with Crippen LogP contribution in [-0.2, 0) is 6.42 Å². The second-order valence-electron chi connectivity index (χ2n) is 6.07. The monoisotopic (exact) mass is 377 g/mol. The maximum absolute atomic E-state index is 12.7. The highest BCUT2D eigenvalue weighted by atomic mass is 32.1. The van der Waals surface area contributed by atoms with E-state index in [9.17, 15) is 4.79 Å². The smallest absolute Gasteiger partial charge is 0.253 e. The molecule has 6 nitrogen and oxygen atoms in total. The lowest BCUT2D eigenvalue weighted by Crippen LogP contribution is -2.26. The van der Waals surface area contributed by atoms with Crippen molar-refractivity contribution in [3.8, 4) is 10.7 Å². The fourth-order valence-corrected chi connectivity index (χ4v) is 3.55. The molecule has 4 rings (SSSR count). The number of carbonyl (C=O) groups is 1. The van der Waals surface area contributed by atoms with Gasteiger partial charge in [0, 0.05) is 25.5 Å². The number of pyridine rings is 1. The topological polar surface area (TPSA) is 82.7 Å². The van der Waals surface area contributed by atoms with Gasteiger partial charge in [0.25, 0.3) is 5.91 Å². The molecule has 4 aromatic rings. The number of nitrogens with one attached hydrogen (secondary N) is 3. The van der Waals surface area contributed by atoms with Gasteiger partial charge in [-0.25, -0.2) is 9.97 Å². The number of hydrogen-bond donors (Lipinski definition) is 3. The van der Waals surface area contributed by atoms with Gasteiger partial charge in [-0.15, -0.1) is 11.3 Å². The molecular weight excluding hydrogens is 358 g/mol. The predicted octanol–water partition coefficient (Wildman–Crippen LogP) is 3.70. The molecular formula is C20H19N5OS. The summed E-state index contributed by atoms with van der Waals surface area (Å²) in [6.45, 7) is 0.563. The SMILES string of the molecule is CNc1ccc(CCNC(=O)c2ccnc3nc(-c4cccs4)[nH]c23)cc1. The molecule has 1 amide bonds. The molecule has 3 N–H and O–H groups in total. The summed E-state index contributed by atoms with van der Waals surface area (Å²) in [4.78, 5) is 25.7. The first-order valence-corrected chi connectivity index (χ1v) is 9.56. The summed E-state index contributed by atoms with van der Waals surface area (Å²) in [5.74, 6) is 0.605. The average Bonchev–Trinajstić information content (AvgIpc) is 3.37. The molecule has 0 bridgehead atoms. The standard InChI is InChI=1S/C20H19N5OS/c1-21-14-6-4-13(5-7-14)8-10-23-20(26)15-9-11-22-19-17(15)24-18(25-19)16-3-2-12-27-16/h2-7,9,11-12,21H,8,10H2,1H3,(H,23,26)(H,22,24,25). The van der Waals surface area contributed by atoms with E-state index in [4.69, 9.17) is 0 Å². The van der Waals surface area contributed by atoms with E-state index in [0.29, 0.717) is 23.3 Å². The molecule has 3 heterocycles. The molecule has 0 fully saturated rings. The number of aromatic nitrogens is 3. The van der Waals surface area contributed by atoms with Gasteiger partial charge < -0.3 is 15.6 Å². The zero-order valence-corrected chi connectivity index (χ0v) is 15.6. The Balaban J connectivity index is 1.47. The predicted molar refractivity (Wildman–Crippen MR) is 109 cm³/mol.